The van der Waals surface area contributed by atoms with Crippen LogP contribution < -0.4 is 0 Å². The van der Waals surface area contributed by atoms with E-state index in [0.717, 1.165) is 11.1 Å². The summed E-state index contributed by atoms with van der Waals surface area (Å²) in [6, 6.07) is 0. The lowest BCUT2D eigenvalue weighted by Crippen LogP contribution is -2.63. The third-order valence-electron chi connectivity index (χ3n) is 14.0. The van der Waals surface area contributed by atoms with Gasteiger partial charge in [-0.15, -0.1) is 0 Å². The number of aliphatic hydroxyl groups excluding tert-OH is 9. The summed E-state index contributed by atoms with van der Waals surface area (Å²) in [6.07, 6.45) is -13.5. The zero-order chi connectivity index (χ0) is 37.9. The second-order valence-electron chi connectivity index (χ2n) is 16.9. The molecule has 4 aliphatic carbocycles. The van der Waals surface area contributed by atoms with Crippen LogP contribution >= 0.6 is 0 Å². The van der Waals surface area contributed by atoms with Gasteiger partial charge >= 0.3 is 0 Å². The summed E-state index contributed by atoms with van der Waals surface area (Å²) in [7, 11) is 0. The number of carbonyl (C=O) groups is 1. The number of allylic oxidation sites excluding steroid dienone is 1. The van der Waals surface area contributed by atoms with Gasteiger partial charge in [0.05, 0.1) is 44.2 Å². The molecule has 0 aromatic heterocycles. The average molecular weight is 755 g/mol. The number of ether oxygens (including phenoxy) is 6. The van der Waals surface area contributed by atoms with Crippen LogP contribution in [0.4, 0.5) is 0 Å². The van der Waals surface area contributed by atoms with Gasteiger partial charge in [0.1, 0.15) is 48.8 Å². The van der Waals surface area contributed by atoms with Crippen molar-refractivity contribution in [3.05, 3.63) is 22.8 Å². The van der Waals surface area contributed by atoms with E-state index < -0.39 is 115 Å². The summed E-state index contributed by atoms with van der Waals surface area (Å²) >= 11 is 0. The SMILES string of the molecule is C[C@@H]1O[C@@H](O[C@H]2[C@H](O[C@@H]3C[C@H](O)CC4=CC[C@H]5C6=C(CC[C@@H]5[C@]43C)[C@@H]3[C@@H](O[C@@]4(OC[C@H](C)[C@@H](O)[C@@H]4O)[C@H]3CO)C6=O)OC[C@H](O)[C@@H]2O)[C@H](O)[C@H](O)[C@H]1O. The number of aliphatic hydroxyl groups is 9. The molecule has 1 saturated carbocycles. The maximum absolute atomic E-state index is 14.4. The van der Waals surface area contributed by atoms with Crippen LogP contribution in [0, 0.1) is 35.0 Å². The molecule has 0 aromatic rings. The van der Waals surface area contributed by atoms with Crippen LogP contribution in [0.15, 0.2) is 22.8 Å². The van der Waals surface area contributed by atoms with Gasteiger partial charge in [0.2, 0.25) is 5.79 Å². The summed E-state index contributed by atoms with van der Waals surface area (Å²) < 4.78 is 36.5. The molecule has 4 heterocycles. The first-order valence-electron chi connectivity index (χ1n) is 19.1. The van der Waals surface area contributed by atoms with Gasteiger partial charge in [-0.3, -0.25) is 4.79 Å². The molecule has 8 rings (SSSR count). The lowest BCUT2D eigenvalue weighted by Gasteiger charge is -2.56. The van der Waals surface area contributed by atoms with E-state index >= 15 is 0 Å². The zero-order valence-electron chi connectivity index (χ0n) is 30.1. The Balaban J connectivity index is 1.08. The second-order valence-corrected chi connectivity index (χ2v) is 16.9. The van der Waals surface area contributed by atoms with Crippen LogP contribution in [0.1, 0.15) is 52.9 Å². The van der Waals surface area contributed by atoms with Crippen molar-refractivity contribution in [1.82, 2.24) is 0 Å². The average Bonchev–Trinajstić information content (AvgIpc) is 3.61. The molecule has 0 unspecified atom stereocenters. The van der Waals surface area contributed by atoms with E-state index in [1.807, 2.05) is 6.92 Å². The first kappa shape index (κ1) is 38.4. The van der Waals surface area contributed by atoms with Crippen molar-refractivity contribution in [2.45, 2.75) is 144 Å². The van der Waals surface area contributed by atoms with Crippen molar-refractivity contribution in [3.63, 3.8) is 0 Å². The fraction of sp³-hybridized carbons (Fsp3) is 0.865. The van der Waals surface area contributed by atoms with Gasteiger partial charge in [-0.1, -0.05) is 31.1 Å². The standard InChI is InChI=1S/C37H54O16/c1-13-11-49-37(33(47)25(13)41)20(10-38)24-18-6-7-19-17(23(18)28(44)31(24)53-37)5-4-15-8-16(39)9-22(36(15,19)3)51-35-32(27(43)21(40)12-48-35)52-34-30(46)29(45)26(42)14(2)50-34/h4,13-14,16-17,19-22,24-27,29-35,38-43,45-47H,5-12H2,1-3H3/t13-,14-,16+,17+,19-,20-,21-,22+,24-,25+,26-,27-,29+,30+,31+,32+,33-,34-,35-,36-,37-/m0/s1. The third-order valence-corrected chi connectivity index (χ3v) is 14.0. The molecule has 0 bridgehead atoms. The van der Waals surface area contributed by atoms with E-state index in [0.29, 0.717) is 31.3 Å². The summed E-state index contributed by atoms with van der Waals surface area (Å²) in [6.45, 7) is 4.67. The van der Waals surface area contributed by atoms with Crippen molar-refractivity contribution in [3.8, 4) is 0 Å². The molecule has 0 amide bonds. The van der Waals surface area contributed by atoms with E-state index in [9.17, 15) is 50.8 Å². The van der Waals surface area contributed by atoms with Gasteiger partial charge in [0, 0.05) is 35.2 Å². The van der Waals surface area contributed by atoms with Gasteiger partial charge in [-0.05, 0) is 44.4 Å². The Kier molecular flexibility index (Phi) is 10.1. The first-order chi connectivity index (χ1) is 25.1. The summed E-state index contributed by atoms with van der Waals surface area (Å²) in [5.41, 5.74) is 1.76. The molecular formula is C37H54O16. The van der Waals surface area contributed by atoms with Gasteiger partial charge in [0.25, 0.3) is 0 Å². The molecule has 1 spiro atoms. The summed E-state index contributed by atoms with van der Waals surface area (Å²) in [5, 5.41) is 96.6. The van der Waals surface area contributed by atoms with Crippen LogP contribution in [-0.4, -0.2) is 163 Å². The zero-order valence-corrected chi connectivity index (χ0v) is 30.1. The molecule has 16 nitrogen and oxygen atoms in total. The smallest absolute Gasteiger partial charge is 0.203 e. The molecule has 9 N–H and O–H groups in total. The predicted molar refractivity (Wildman–Crippen MR) is 177 cm³/mol. The summed E-state index contributed by atoms with van der Waals surface area (Å²) in [5.74, 6) is -3.98. The molecule has 53 heavy (non-hydrogen) atoms. The third kappa shape index (κ3) is 5.70. The minimum atomic E-state index is -1.71. The monoisotopic (exact) mass is 754 g/mol. The van der Waals surface area contributed by atoms with Crippen LogP contribution in [-0.2, 0) is 33.2 Å². The number of fused-ring (bicyclic) bond motifs is 6. The molecule has 4 saturated heterocycles. The maximum atomic E-state index is 14.4. The molecule has 16 heteroatoms. The second kappa shape index (κ2) is 13.9. The van der Waals surface area contributed by atoms with Crippen molar-refractivity contribution < 1.29 is 79.2 Å². The summed E-state index contributed by atoms with van der Waals surface area (Å²) in [4.78, 5) is 14.4. The van der Waals surface area contributed by atoms with E-state index in [1.54, 1.807) is 6.92 Å². The first-order valence-corrected chi connectivity index (χ1v) is 19.1. The van der Waals surface area contributed by atoms with Crippen molar-refractivity contribution in [1.29, 1.82) is 0 Å². The van der Waals surface area contributed by atoms with Gasteiger partial charge < -0.3 is 74.4 Å². The highest BCUT2D eigenvalue weighted by Crippen LogP contribution is 2.64. The van der Waals surface area contributed by atoms with Crippen LogP contribution in [0.5, 0.6) is 0 Å². The number of carbonyl (C=O) groups excluding carboxylic acids is 1. The van der Waals surface area contributed by atoms with E-state index in [-0.39, 0.29) is 43.2 Å². The largest absolute Gasteiger partial charge is 0.396 e. The van der Waals surface area contributed by atoms with Crippen LogP contribution in [0.3, 0.4) is 0 Å². The molecule has 8 aliphatic rings. The van der Waals surface area contributed by atoms with Gasteiger partial charge in [-0.25, -0.2) is 0 Å². The van der Waals surface area contributed by atoms with Gasteiger partial charge in [-0.2, -0.15) is 0 Å². The number of hydrogen-bond donors (Lipinski definition) is 9. The lowest BCUT2D eigenvalue weighted by molar-refractivity contribution is -0.362. The molecule has 0 radical (unpaired) electrons. The molecule has 5 fully saturated rings. The number of rotatable bonds is 5. The van der Waals surface area contributed by atoms with Gasteiger partial charge in [0.15, 0.2) is 18.4 Å². The Morgan fingerprint density at radius 2 is 1.68 bits per heavy atom. The minimum Gasteiger partial charge on any atom is -0.396 e. The predicted octanol–water partition coefficient (Wildman–Crippen LogP) is -2.23. The fourth-order valence-electron chi connectivity index (χ4n) is 11.0. The van der Waals surface area contributed by atoms with Crippen molar-refractivity contribution in [2.75, 3.05) is 19.8 Å². The highest BCUT2D eigenvalue weighted by molar-refractivity contribution is 6.04. The topological polar surface area (TPSA) is 255 Å². The maximum Gasteiger partial charge on any atom is 0.203 e. The number of ketones is 1. The van der Waals surface area contributed by atoms with Crippen molar-refractivity contribution >= 4 is 5.78 Å². The Morgan fingerprint density at radius 3 is 2.42 bits per heavy atom. The van der Waals surface area contributed by atoms with Crippen LogP contribution in [0.2, 0.25) is 0 Å². The Labute approximate surface area is 306 Å². The molecule has 4 aliphatic heterocycles. The normalized spacial score (nSPS) is 55.4. The Hall–Kier alpha value is -1.45. The molecule has 298 valence electrons. The highest BCUT2D eigenvalue weighted by atomic mass is 16.8. The fourth-order valence-corrected chi connectivity index (χ4v) is 11.0. The molecule has 0 aromatic carbocycles. The quantitative estimate of drug-likeness (QED) is 0.135. The van der Waals surface area contributed by atoms with E-state index in [4.69, 9.17) is 28.4 Å². The Morgan fingerprint density at radius 1 is 0.925 bits per heavy atom. The van der Waals surface area contributed by atoms with E-state index in [1.165, 1.54) is 6.92 Å². The lowest BCUT2D eigenvalue weighted by atomic mass is 9.51. The molecular weight excluding hydrogens is 700 g/mol. The number of hydrogen-bond acceptors (Lipinski definition) is 16. The van der Waals surface area contributed by atoms with Crippen molar-refractivity contribution in [2.24, 2.45) is 35.0 Å². The Bertz CT molecular complexity index is 1490. The van der Waals surface area contributed by atoms with Crippen LogP contribution in [0.25, 0.3) is 0 Å². The number of Topliss-reactive ketones (excluding diaryl/α,β-unsaturated/α-hetero) is 1. The highest BCUT2D eigenvalue weighted by Gasteiger charge is 2.69. The van der Waals surface area contributed by atoms with E-state index in [2.05, 4.69) is 6.08 Å². The molecule has 21 atom stereocenters. The minimum absolute atomic E-state index is 0.100.